The van der Waals surface area contributed by atoms with Crippen LogP contribution >= 0.6 is 0 Å². The monoisotopic (exact) mass is 298 g/mol. The minimum atomic E-state index is -3.27. The molecule has 0 unspecified atom stereocenters. The summed E-state index contributed by atoms with van der Waals surface area (Å²) in [6, 6.07) is 14.4. The number of rotatable bonds is 3. The SMILES string of the molecule is CS(=O)(=O)c1ccc(Oc2cccc(C#N)c2C#N)cc1. The molecule has 0 radical (unpaired) electrons. The minimum absolute atomic E-state index is 0.146. The molecule has 0 atom stereocenters. The molecule has 0 aliphatic carbocycles. The van der Waals surface area contributed by atoms with Crippen molar-refractivity contribution in [2.45, 2.75) is 4.90 Å². The molecule has 0 aliphatic heterocycles. The van der Waals surface area contributed by atoms with Gasteiger partial charge in [-0.1, -0.05) is 6.07 Å². The molecule has 0 bridgehead atoms. The first-order chi connectivity index (χ1) is 9.95. The topological polar surface area (TPSA) is 90.9 Å². The number of nitrogens with zero attached hydrogens (tertiary/aromatic N) is 2. The quantitative estimate of drug-likeness (QED) is 0.868. The largest absolute Gasteiger partial charge is 0.456 e. The average Bonchev–Trinajstić information content (AvgIpc) is 2.46. The van der Waals surface area contributed by atoms with Crippen molar-refractivity contribution >= 4 is 9.84 Å². The van der Waals surface area contributed by atoms with Crippen LogP contribution in [0.15, 0.2) is 47.4 Å². The molecule has 2 aromatic rings. The first-order valence-electron chi connectivity index (χ1n) is 5.87. The van der Waals surface area contributed by atoms with E-state index in [2.05, 4.69) is 0 Å². The number of hydrogen-bond donors (Lipinski definition) is 0. The second-order valence-electron chi connectivity index (χ2n) is 4.25. The Morgan fingerprint density at radius 3 is 2.19 bits per heavy atom. The molecule has 0 fully saturated rings. The number of benzene rings is 2. The molecule has 2 aromatic carbocycles. The summed E-state index contributed by atoms with van der Waals surface area (Å²) >= 11 is 0. The van der Waals surface area contributed by atoms with Gasteiger partial charge in [-0.25, -0.2) is 8.42 Å². The zero-order valence-electron chi connectivity index (χ0n) is 11.1. The Morgan fingerprint density at radius 2 is 1.67 bits per heavy atom. The third-order valence-electron chi connectivity index (χ3n) is 2.74. The molecule has 0 aromatic heterocycles. The van der Waals surface area contributed by atoms with Crippen molar-refractivity contribution in [1.29, 1.82) is 10.5 Å². The molecule has 0 spiro atoms. The lowest BCUT2D eigenvalue weighted by molar-refractivity contribution is 0.480. The van der Waals surface area contributed by atoms with Gasteiger partial charge in [0, 0.05) is 6.26 Å². The fourth-order valence-electron chi connectivity index (χ4n) is 1.71. The van der Waals surface area contributed by atoms with Gasteiger partial charge in [-0.05, 0) is 36.4 Å². The summed E-state index contributed by atoms with van der Waals surface area (Å²) in [4.78, 5) is 0.182. The molecule has 5 nitrogen and oxygen atoms in total. The van der Waals surface area contributed by atoms with Crippen molar-refractivity contribution in [1.82, 2.24) is 0 Å². The van der Waals surface area contributed by atoms with Gasteiger partial charge in [0.2, 0.25) is 0 Å². The molecule has 104 valence electrons. The van der Waals surface area contributed by atoms with Gasteiger partial charge >= 0.3 is 0 Å². The Morgan fingerprint density at radius 1 is 1.00 bits per heavy atom. The number of ether oxygens (including phenoxy) is 1. The number of sulfone groups is 1. The molecule has 21 heavy (non-hydrogen) atoms. The zero-order chi connectivity index (χ0) is 15.5. The lowest BCUT2D eigenvalue weighted by atomic mass is 10.1. The highest BCUT2D eigenvalue weighted by Gasteiger charge is 2.11. The fourth-order valence-corrected chi connectivity index (χ4v) is 2.34. The predicted molar refractivity (Wildman–Crippen MR) is 75.5 cm³/mol. The maximum absolute atomic E-state index is 11.4. The van der Waals surface area contributed by atoms with Crippen LogP contribution in [0.4, 0.5) is 0 Å². The van der Waals surface area contributed by atoms with Crippen molar-refractivity contribution in [2.75, 3.05) is 6.26 Å². The first-order valence-corrected chi connectivity index (χ1v) is 7.76. The Hall–Kier alpha value is -2.83. The Labute approximate surface area is 122 Å². The summed E-state index contributed by atoms with van der Waals surface area (Å²) in [5.74, 6) is 0.637. The zero-order valence-corrected chi connectivity index (χ0v) is 11.9. The van der Waals surface area contributed by atoms with Crippen LogP contribution in [0.1, 0.15) is 11.1 Å². The molecule has 0 N–H and O–H groups in total. The molecular weight excluding hydrogens is 288 g/mol. The van der Waals surface area contributed by atoms with Crippen molar-refractivity contribution in [3.8, 4) is 23.6 Å². The van der Waals surface area contributed by atoms with E-state index < -0.39 is 9.84 Å². The molecule has 0 aliphatic rings. The van der Waals surface area contributed by atoms with E-state index in [-0.39, 0.29) is 21.8 Å². The van der Waals surface area contributed by atoms with Gasteiger partial charge in [0.1, 0.15) is 29.2 Å². The Bertz CT molecular complexity index is 857. The van der Waals surface area contributed by atoms with Gasteiger partial charge in [0.25, 0.3) is 0 Å². The summed E-state index contributed by atoms with van der Waals surface area (Å²) in [7, 11) is -3.27. The van der Waals surface area contributed by atoms with Crippen molar-refractivity contribution in [2.24, 2.45) is 0 Å². The third kappa shape index (κ3) is 3.19. The van der Waals surface area contributed by atoms with E-state index in [1.165, 1.54) is 30.3 Å². The van der Waals surface area contributed by atoms with E-state index in [9.17, 15) is 8.42 Å². The first kappa shape index (κ1) is 14.6. The van der Waals surface area contributed by atoms with Crippen LogP contribution in [-0.2, 0) is 9.84 Å². The second kappa shape index (κ2) is 5.66. The summed E-state index contributed by atoms with van der Waals surface area (Å²) < 4.78 is 28.3. The van der Waals surface area contributed by atoms with E-state index in [1.807, 2.05) is 12.1 Å². The van der Waals surface area contributed by atoms with E-state index in [1.54, 1.807) is 12.1 Å². The van der Waals surface area contributed by atoms with Crippen molar-refractivity contribution in [3.63, 3.8) is 0 Å². The molecule has 0 saturated carbocycles. The van der Waals surface area contributed by atoms with Crippen LogP contribution < -0.4 is 4.74 Å². The van der Waals surface area contributed by atoms with Gasteiger partial charge < -0.3 is 4.74 Å². The molecule has 6 heteroatoms. The lowest BCUT2D eigenvalue weighted by Gasteiger charge is -2.08. The standard InChI is InChI=1S/C15H10N2O3S/c1-21(18,19)13-7-5-12(6-8-13)20-15-4-2-3-11(9-16)14(15)10-17/h2-8H,1H3. The van der Waals surface area contributed by atoms with Gasteiger partial charge in [-0.2, -0.15) is 10.5 Å². The molecular formula is C15H10N2O3S. The minimum Gasteiger partial charge on any atom is -0.456 e. The van der Waals surface area contributed by atoms with Crippen LogP contribution in [0.2, 0.25) is 0 Å². The molecule has 0 saturated heterocycles. The Kier molecular flexibility index (Phi) is 3.93. The van der Waals surface area contributed by atoms with Gasteiger partial charge in [-0.15, -0.1) is 0 Å². The van der Waals surface area contributed by atoms with E-state index in [4.69, 9.17) is 15.3 Å². The van der Waals surface area contributed by atoms with E-state index >= 15 is 0 Å². The van der Waals surface area contributed by atoms with Gasteiger partial charge in [-0.3, -0.25) is 0 Å². The predicted octanol–water partition coefficient (Wildman–Crippen LogP) is 2.63. The van der Waals surface area contributed by atoms with Crippen LogP contribution in [0.25, 0.3) is 0 Å². The molecule has 0 heterocycles. The summed E-state index contributed by atoms with van der Waals surface area (Å²) in [5, 5.41) is 18.0. The smallest absolute Gasteiger partial charge is 0.175 e. The third-order valence-corrected chi connectivity index (χ3v) is 3.87. The second-order valence-corrected chi connectivity index (χ2v) is 6.26. The van der Waals surface area contributed by atoms with E-state index in [0.717, 1.165) is 6.26 Å². The van der Waals surface area contributed by atoms with Crippen molar-refractivity contribution < 1.29 is 13.2 Å². The highest BCUT2D eigenvalue weighted by molar-refractivity contribution is 7.90. The summed E-state index contributed by atoms with van der Waals surface area (Å²) in [6.45, 7) is 0. The van der Waals surface area contributed by atoms with Crippen LogP contribution in [-0.4, -0.2) is 14.7 Å². The van der Waals surface area contributed by atoms with E-state index in [0.29, 0.717) is 5.75 Å². The van der Waals surface area contributed by atoms with Crippen molar-refractivity contribution in [3.05, 3.63) is 53.6 Å². The number of nitriles is 2. The van der Waals surface area contributed by atoms with Gasteiger partial charge in [0.05, 0.1) is 10.5 Å². The average molecular weight is 298 g/mol. The Balaban J connectivity index is 2.36. The molecule has 2 rings (SSSR count). The maximum Gasteiger partial charge on any atom is 0.175 e. The van der Waals surface area contributed by atoms with Crippen LogP contribution in [0.5, 0.6) is 11.5 Å². The fraction of sp³-hybridized carbons (Fsp3) is 0.0667. The normalized spacial score (nSPS) is 10.4. The lowest BCUT2D eigenvalue weighted by Crippen LogP contribution is -1.97. The van der Waals surface area contributed by atoms with Crippen LogP contribution in [0.3, 0.4) is 0 Å². The summed E-state index contributed by atoms with van der Waals surface area (Å²) in [5.41, 5.74) is 0.370. The number of hydrogen-bond acceptors (Lipinski definition) is 5. The van der Waals surface area contributed by atoms with Gasteiger partial charge in [0.15, 0.2) is 9.84 Å². The maximum atomic E-state index is 11.4. The highest BCUT2D eigenvalue weighted by atomic mass is 32.2. The van der Waals surface area contributed by atoms with Crippen LogP contribution in [0, 0.1) is 22.7 Å². The molecule has 0 amide bonds. The summed E-state index contributed by atoms with van der Waals surface area (Å²) in [6.07, 6.45) is 1.12. The highest BCUT2D eigenvalue weighted by Crippen LogP contribution is 2.27.